The average molecular weight is 467 g/mol. The molecule has 0 aromatic heterocycles. The summed E-state index contributed by atoms with van der Waals surface area (Å²) in [5.74, 6) is -2.02. The highest BCUT2D eigenvalue weighted by molar-refractivity contribution is 6.51. The van der Waals surface area contributed by atoms with Crippen LogP contribution >= 0.6 is 0 Å². The van der Waals surface area contributed by atoms with Crippen LogP contribution in [0.4, 0.5) is 18.9 Å². The highest BCUT2D eigenvalue weighted by Gasteiger charge is 2.47. The molecule has 0 aliphatic carbocycles. The normalized spacial score (nSPS) is 17.8. The van der Waals surface area contributed by atoms with E-state index in [2.05, 4.69) is 0 Å². The summed E-state index contributed by atoms with van der Waals surface area (Å²) in [6.07, 6.45) is -4.64. The summed E-state index contributed by atoms with van der Waals surface area (Å²) in [6, 6.07) is 16.4. The van der Waals surface area contributed by atoms with Crippen LogP contribution in [0, 0.1) is 6.92 Å². The maximum Gasteiger partial charge on any atom is 0.416 e. The van der Waals surface area contributed by atoms with Gasteiger partial charge < -0.3 is 9.84 Å². The van der Waals surface area contributed by atoms with Crippen LogP contribution in [0.2, 0.25) is 0 Å². The van der Waals surface area contributed by atoms with Gasteiger partial charge in [-0.1, -0.05) is 36.4 Å². The number of aryl methyl sites for hydroxylation is 1. The van der Waals surface area contributed by atoms with E-state index in [1.807, 2.05) is 13.0 Å². The summed E-state index contributed by atoms with van der Waals surface area (Å²) in [5.41, 5.74) is 0.254. The molecule has 1 aliphatic rings. The minimum atomic E-state index is -4.64. The average Bonchev–Trinajstić information content (AvgIpc) is 3.08. The Morgan fingerprint density at radius 2 is 1.65 bits per heavy atom. The third-order valence-corrected chi connectivity index (χ3v) is 5.62. The van der Waals surface area contributed by atoms with Gasteiger partial charge in [-0.05, 0) is 54.4 Å². The summed E-state index contributed by atoms with van der Waals surface area (Å²) < 4.78 is 44.9. The van der Waals surface area contributed by atoms with Gasteiger partial charge in [0.15, 0.2) is 0 Å². The van der Waals surface area contributed by atoms with E-state index in [1.165, 1.54) is 18.1 Å². The van der Waals surface area contributed by atoms with Crippen molar-refractivity contribution in [1.29, 1.82) is 0 Å². The number of Topliss-reactive ketones (excluding diaryl/α,β-unsaturated/α-hetero) is 1. The first-order valence-corrected chi connectivity index (χ1v) is 10.3. The number of nitrogens with zero attached hydrogens (tertiary/aromatic N) is 1. The smallest absolute Gasteiger partial charge is 0.416 e. The molecule has 34 heavy (non-hydrogen) atoms. The Labute approximate surface area is 193 Å². The van der Waals surface area contributed by atoms with Crippen molar-refractivity contribution in [1.82, 2.24) is 0 Å². The van der Waals surface area contributed by atoms with Gasteiger partial charge in [-0.2, -0.15) is 13.2 Å². The Kier molecular flexibility index (Phi) is 5.91. The second-order valence-electron chi connectivity index (χ2n) is 7.86. The number of aliphatic hydroxyl groups is 1. The van der Waals surface area contributed by atoms with Crippen LogP contribution in [0.25, 0.3) is 5.76 Å². The summed E-state index contributed by atoms with van der Waals surface area (Å²) in [4.78, 5) is 27.5. The fourth-order valence-corrected chi connectivity index (χ4v) is 3.98. The zero-order chi connectivity index (χ0) is 24.6. The number of anilines is 1. The Bertz CT molecular complexity index is 1300. The molecule has 174 valence electrons. The molecule has 1 amide bonds. The number of ketones is 1. The van der Waals surface area contributed by atoms with E-state index >= 15 is 0 Å². The Hall–Kier alpha value is -4.07. The summed E-state index contributed by atoms with van der Waals surface area (Å²) >= 11 is 0. The maximum absolute atomic E-state index is 13.2. The third kappa shape index (κ3) is 4.14. The van der Waals surface area contributed by atoms with Crippen LogP contribution in [-0.2, 0) is 15.8 Å². The lowest BCUT2D eigenvalue weighted by Crippen LogP contribution is -2.29. The van der Waals surface area contributed by atoms with E-state index in [4.69, 9.17) is 4.74 Å². The van der Waals surface area contributed by atoms with E-state index in [1.54, 1.807) is 42.5 Å². The highest BCUT2D eigenvalue weighted by Crippen LogP contribution is 2.43. The molecule has 5 nitrogen and oxygen atoms in total. The number of carbonyl (C=O) groups excluding carboxylic acids is 2. The van der Waals surface area contributed by atoms with E-state index < -0.39 is 35.2 Å². The fourth-order valence-electron chi connectivity index (χ4n) is 3.98. The fraction of sp³-hybridized carbons (Fsp3) is 0.154. The molecule has 1 N–H and O–H groups in total. The van der Waals surface area contributed by atoms with Crippen LogP contribution in [0.5, 0.6) is 5.75 Å². The first-order valence-electron chi connectivity index (χ1n) is 10.3. The van der Waals surface area contributed by atoms with E-state index in [-0.39, 0.29) is 11.1 Å². The van der Waals surface area contributed by atoms with Gasteiger partial charge in [-0.3, -0.25) is 14.5 Å². The largest absolute Gasteiger partial charge is 0.507 e. The molecule has 1 atom stereocenters. The van der Waals surface area contributed by atoms with Crippen molar-refractivity contribution in [3.05, 3.63) is 101 Å². The number of alkyl halides is 3. The van der Waals surface area contributed by atoms with Gasteiger partial charge >= 0.3 is 6.18 Å². The lowest BCUT2D eigenvalue weighted by Gasteiger charge is -2.26. The van der Waals surface area contributed by atoms with Crippen molar-refractivity contribution in [3.63, 3.8) is 0 Å². The molecule has 4 rings (SSSR count). The zero-order valence-electron chi connectivity index (χ0n) is 18.3. The topological polar surface area (TPSA) is 66.8 Å². The second-order valence-corrected chi connectivity index (χ2v) is 7.86. The predicted molar refractivity (Wildman–Crippen MR) is 120 cm³/mol. The first-order chi connectivity index (χ1) is 16.1. The van der Waals surface area contributed by atoms with Gasteiger partial charge in [0.05, 0.1) is 24.3 Å². The molecule has 3 aromatic rings. The number of ether oxygens (including phenoxy) is 1. The van der Waals surface area contributed by atoms with Crippen LogP contribution in [-0.4, -0.2) is 23.9 Å². The van der Waals surface area contributed by atoms with E-state index in [0.717, 1.165) is 23.8 Å². The van der Waals surface area contributed by atoms with Gasteiger partial charge in [-0.15, -0.1) is 0 Å². The van der Waals surface area contributed by atoms with E-state index in [9.17, 15) is 27.9 Å². The number of amides is 1. The Morgan fingerprint density at radius 3 is 2.26 bits per heavy atom. The predicted octanol–water partition coefficient (Wildman–Crippen LogP) is 5.65. The Morgan fingerprint density at radius 1 is 0.971 bits per heavy atom. The summed E-state index contributed by atoms with van der Waals surface area (Å²) in [7, 11) is 1.49. The molecular formula is C26H20F3NO4. The molecule has 1 aliphatic heterocycles. The molecule has 3 aromatic carbocycles. The molecule has 1 heterocycles. The van der Waals surface area contributed by atoms with Crippen LogP contribution < -0.4 is 9.64 Å². The SMILES string of the molecule is COc1ccc(C2/C(=C(\O)c3cccc(C(F)(F)F)c3)C(=O)C(=O)N2c2cccc(C)c2)cc1. The molecule has 0 saturated carbocycles. The standard InChI is InChI=1S/C26H20F3NO4/c1-15-5-3-8-19(13-15)30-22(16-9-11-20(34-2)12-10-16)21(24(32)25(30)33)23(31)17-6-4-7-18(14-17)26(27,28)29/h3-14,22,31H,1-2H3/b23-21+. The molecule has 0 bridgehead atoms. The number of hydrogen-bond donors (Lipinski definition) is 1. The van der Waals surface area contributed by atoms with Crippen LogP contribution in [0.15, 0.2) is 78.4 Å². The lowest BCUT2D eigenvalue weighted by atomic mass is 9.94. The second kappa shape index (κ2) is 8.70. The molecule has 1 unspecified atom stereocenters. The van der Waals surface area contributed by atoms with Gasteiger partial charge in [0.1, 0.15) is 11.5 Å². The number of hydrogen-bond acceptors (Lipinski definition) is 4. The number of aliphatic hydroxyl groups excluding tert-OH is 1. The lowest BCUT2D eigenvalue weighted by molar-refractivity contribution is -0.137. The zero-order valence-corrected chi connectivity index (χ0v) is 18.3. The monoisotopic (exact) mass is 467 g/mol. The summed E-state index contributed by atoms with van der Waals surface area (Å²) in [5, 5.41) is 11.0. The molecule has 0 spiro atoms. The molecular weight excluding hydrogens is 447 g/mol. The third-order valence-electron chi connectivity index (χ3n) is 5.62. The van der Waals surface area contributed by atoms with Gasteiger partial charge in [0, 0.05) is 11.3 Å². The highest BCUT2D eigenvalue weighted by atomic mass is 19.4. The van der Waals surface area contributed by atoms with Crippen LogP contribution in [0.3, 0.4) is 0 Å². The number of halogens is 3. The minimum absolute atomic E-state index is 0.212. The van der Waals surface area contributed by atoms with Gasteiger partial charge in [0.2, 0.25) is 0 Å². The minimum Gasteiger partial charge on any atom is -0.507 e. The Balaban J connectivity index is 1.94. The quantitative estimate of drug-likeness (QED) is 0.306. The van der Waals surface area contributed by atoms with Crippen molar-refractivity contribution in [3.8, 4) is 5.75 Å². The number of methoxy groups -OCH3 is 1. The van der Waals surface area contributed by atoms with E-state index in [0.29, 0.717) is 17.0 Å². The molecule has 0 radical (unpaired) electrons. The van der Waals surface area contributed by atoms with Crippen molar-refractivity contribution < 1.29 is 32.6 Å². The number of carbonyl (C=O) groups is 2. The van der Waals surface area contributed by atoms with Crippen molar-refractivity contribution in [2.75, 3.05) is 12.0 Å². The number of benzene rings is 3. The summed E-state index contributed by atoms with van der Waals surface area (Å²) in [6.45, 7) is 1.82. The van der Waals surface area contributed by atoms with Crippen molar-refractivity contribution in [2.45, 2.75) is 19.1 Å². The maximum atomic E-state index is 13.2. The van der Waals surface area contributed by atoms with Crippen molar-refractivity contribution in [2.24, 2.45) is 0 Å². The van der Waals surface area contributed by atoms with Crippen LogP contribution in [0.1, 0.15) is 28.3 Å². The van der Waals surface area contributed by atoms with Gasteiger partial charge in [0.25, 0.3) is 11.7 Å². The first kappa shape index (κ1) is 23.1. The molecule has 8 heteroatoms. The molecule has 1 fully saturated rings. The van der Waals surface area contributed by atoms with Crippen molar-refractivity contribution >= 4 is 23.1 Å². The number of rotatable bonds is 4. The molecule has 1 saturated heterocycles. The van der Waals surface area contributed by atoms with Gasteiger partial charge in [-0.25, -0.2) is 0 Å².